The van der Waals surface area contributed by atoms with Gasteiger partial charge in [-0.05, 0) is 6.92 Å². The first-order valence-electron chi connectivity index (χ1n) is 5.75. The number of alkyl halides is 1. The molecule has 0 spiro atoms. The highest BCUT2D eigenvalue weighted by molar-refractivity contribution is 6.18. The van der Waals surface area contributed by atoms with E-state index in [0.29, 0.717) is 18.8 Å². The lowest BCUT2D eigenvalue weighted by atomic mass is 10.4. The summed E-state index contributed by atoms with van der Waals surface area (Å²) in [6, 6.07) is 0. The standard InChI is InChI=1S/C12H17ClN2O4/c1-3-4-18-7-10(5-13)19-8-15-6-9(2)11(16)14-12(15)17/h3,6,10H,1,4-5,7-8H2,2H3,(H,14,16,17). The zero-order valence-corrected chi connectivity index (χ0v) is 11.5. The number of hydrogen-bond donors (Lipinski definition) is 1. The highest BCUT2D eigenvalue weighted by Crippen LogP contribution is 1.99. The fourth-order valence-electron chi connectivity index (χ4n) is 1.32. The molecule has 1 unspecified atom stereocenters. The molecule has 1 atom stereocenters. The summed E-state index contributed by atoms with van der Waals surface area (Å²) in [6.07, 6.45) is 2.73. The molecule has 1 heterocycles. The number of halogens is 1. The molecule has 1 N–H and O–H groups in total. The lowest BCUT2D eigenvalue weighted by Gasteiger charge is -2.15. The fraction of sp³-hybridized carbons (Fsp3) is 0.500. The molecule has 0 saturated carbocycles. The third-order valence-electron chi connectivity index (χ3n) is 2.35. The molecule has 0 aliphatic rings. The Morgan fingerprint density at radius 1 is 1.58 bits per heavy atom. The lowest BCUT2D eigenvalue weighted by molar-refractivity contribution is -0.0299. The molecular formula is C12H17ClN2O4. The van der Waals surface area contributed by atoms with Crippen molar-refractivity contribution >= 4 is 11.6 Å². The average Bonchev–Trinajstić information content (AvgIpc) is 2.39. The number of H-pyrrole nitrogens is 1. The summed E-state index contributed by atoms with van der Waals surface area (Å²) in [7, 11) is 0. The van der Waals surface area contributed by atoms with Crippen LogP contribution in [0.25, 0.3) is 0 Å². The van der Waals surface area contributed by atoms with Gasteiger partial charge >= 0.3 is 5.69 Å². The predicted octanol–water partition coefficient (Wildman–Crippen LogP) is 0.629. The first kappa shape index (κ1) is 15.7. The molecule has 19 heavy (non-hydrogen) atoms. The molecule has 106 valence electrons. The van der Waals surface area contributed by atoms with E-state index in [9.17, 15) is 9.59 Å². The van der Waals surface area contributed by atoms with Gasteiger partial charge in [0.05, 0.1) is 25.2 Å². The van der Waals surface area contributed by atoms with Crippen LogP contribution in [-0.2, 0) is 16.2 Å². The van der Waals surface area contributed by atoms with Crippen LogP contribution in [0.15, 0.2) is 28.4 Å². The third-order valence-corrected chi connectivity index (χ3v) is 2.69. The van der Waals surface area contributed by atoms with Gasteiger partial charge in [0.2, 0.25) is 0 Å². The Morgan fingerprint density at radius 2 is 2.32 bits per heavy atom. The smallest absolute Gasteiger partial charge is 0.330 e. The van der Waals surface area contributed by atoms with E-state index < -0.39 is 11.2 Å². The Morgan fingerprint density at radius 3 is 2.95 bits per heavy atom. The van der Waals surface area contributed by atoms with Crippen molar-refractivity contribution in [1.82, 2.24) is 9.55 Å². The Balaban J connectivity index is 2.59. The zero-order chi connectivity index (χ0) is 14.3. The largest absolute Gasteiger partial charge is 0.375 e. The van der Waals surface area contributed by atoms with Crippen molar-refractivity contribution in [1.29, 1.82) is 0 Å². The van der Waals surface area contributed by atoms with Crippen molar-refractivity contribution < 1.29 is 9.47 Å². The molecule has 0 saturated heterocycles. The molecule has 1 aromatic rings. The van der Waals surface area contributed by atoms with Gasteiger partial charge in [-0.15, -0.1) is 18.2 Å². The van der Waals surface area contributed by atoms with Crippen LogP contribution < -0.4 is 11.2 Å². The Kier molecular flexibility index (Phi) is 6.55. The molecule has 0 radical (unpaired) electrons. The van der Waals surface area contributed by atoms with Crippen molar-refractivity contribution in [3.05, 3.63) is 45.3 Å². The molecule has 6 nitrogen and oxygen atoms in total. The van der Waals surface area contributed by atoms with E-state index in [-0.39, 0.29) is 18.7 Å². The molecular weight excluding hydrogens is 272 g/mol. The van der Waals surface area contributed by atoms with Crippen molar-refractivity contribution in [3.63, 3.8) is 0 Å². The summed E-state index contributed by atoms with van der Waals surface area (Å²) in [5.41, 5.74) is -0.478. The van der Waals surface area contributed by atoms with Crippen molar-refractivity contribution in [2.75, 3.05) is 19.1 Å². The van der Waals surface area contributed by atoms with Crippen molar-refractivity contribution in [2.45, 2.75) is 19.8 Å². The highest BCUT2D eigenvalue weighted by atomic mass is 35.5. The maximum absolute atomic E-state index is 11.5. The molecule has 1 rings (SSSR count). The summed E-state index contributed by atoms with van der Waals surface area (Å²) in [5, 5.41) is 0. The van der Waals surface area contributed by atoms with Crippen LogP contribution in [-0.4, -0.2) is 34.7 Å². The van der Waals surface area contributed by atoms with Gasteiger partial charge in [-0.2, -0.15) is 0 Å². The van der Waals surface area contributed by atoms with Crippen molar-refractivity contribution in [3.8, 4) is 0 Å². The molecule has 0 aromatic carbocycles. The SMILES string of the molecule is C=CCOCC(CCl)OCn1cc(C)c(=O)[nH]c1=O. The minimum absolute atomic E-state index is 0.00525. The van der Waals surface area contributed by atoms with Gasteiger partial charge in [0, 0.05) is 11.8 Å². The summed E-state index contributed by atoms with van der Waals surface area (Å²) >= 11 is 5.73. The fourth-order valence-corrected chi connectivity index (χ4v) is 1.50. The van der Waals surface area contributed by atoms with Gasteiger partial charge in [-0.25, -0.2) is 4.79 Å². The molecule has 0 amide bonds. The molecule has 7 heteroatoms. The molecule has 0 aliphatic heterocycles. The minimum Gasteiger partial charge on any atom is -0.375 e. The normalized spacial score (nSPS) is 12.3. The molecule has 1 aromatic heterocycles. The van der Waals surface area contributed by atoms with Gasteiger partial charge in [-0.3, -0.25) is 14.3 Å². The monoisotopic (exact) mass is 288 g/mol. The van der Waals surface area contributed by atoms with Gasteiger partial charge in [-0.1, -0.05) is 6.08 Å². The third kappa shape index (κ3) is 5.02. The summed E-state index contributed by atoms with van der Waals surface area (Å²) < 4.78 is 11.9. The maximum atomic E-state index is 11.5. The Labute approximate surface area is 115 Å². The van der Waals surface area contributed by atoms with E-state index in [2.05, 4.69) is 11.6 Å². The number of nitrogens with zero attached hydrogens (tertiary/aromatic N) is 1. The molecule has 0 bridgehead atoms. The first-order valence-corrected chi connectivity index (χ1v) is 6.28. The topological polar surface area (TPSA) is 73.3 Å². The van der Waals surface area contributed by atoms with Crippen LogP contribution in [0.4, 0.5) is 0 Å². The predicted molar refractivity (Wildman–Crippen MR) is 72.7 cm³/mol. The van der Waals surface area contributed by atoms with Crippen LogP contribution >= 0.6 is 11.6 Å². The van der Waals surface area contributed by atoms with E-state index in [0.717, 1.165) is 0 Å². The summed E-state index contributed by atoms with van der Waals surface area (Å²) in [5.74, 6) is 0.244. The second-order valence-electron chi connectivity index (χ2n) is 3.94. The maximum Gasteiger partial charge on any atom is 0.330 e. The second-order valence-corrected chi connectivity index (χ2v) is 4.25. The van der Waals surface area contributed by atoms with E-state index in [4.69, 9.17) is 21.1 Å². The van der Waals surface area contributed by atoms with Gasteiger partial charge in [0.15, 0.2) is 0 Å². The Hall–Kier alpha value is -1.37. The highest BCUT2D eigenvalue weighted by Gasteiger charge is 2.09. The number of aromatic amines is 1. The average molecular weight is 289 g/mol. The van der Waals surface area contributed by atoms with E-state index in [1.54, 1.807) is 13.0 Å². The summed E-state index contributed by atoms with van der Waals surface area (Å²) in [4.78, 5) is 24.9. The van der Waals surface area contributed by atoms with E-state index >= 15 is 0 Å². The summed E-state index contributed by atoms with van der Waals surface area (Å²) in [6.45, 7) is 5.87. The number of nitrogens with one attached hydrogen (secondary N) is 1. The van der Waals surface area contributed by atoms with Gasteiger partial charge in [0.25, 0.3) is 5.56 Å². The minimum atomic E-state index is -0.518. The number of hydrogen-bond acceptors (Lipinski definition) is 4. The van der Waals surface area contributed by atoms with Crippen LogP contribution in [0, 0.1) is 6.92 Å². The van der Waals surface area contributed by atoms with Crippen LogP contribution in [0.3, 0.4) is 0 Å². The number of rotatable bonds is 8. The zero-order valence-electron chi connectivity index (χ0n) is 10.7. The molecule has 0 aliphatic carbocycles. The van der Waals surface area contributed by atoms with Crippen LogP contribution in [0.2, 0.25) is 0 Å². The number of aromatic nitrogens is 2. The number of ether oxygens (including phenoxy) is 2. The van der Waals surface area contributed by atoms with E-state index in [1.165, 1.54) is 10.8 Å². The van der Waals surface area contributed by atoms with Crippen LogP contribution in [0.1, 0.15) is 5.56 Å². The Bertz CT molecular complexity index is 523. The van der Waals surface area contributed by atoms with Gasteiger partial charge in [0.1, 0.15) is 6.73 Å². The van der Waals surface area contributed by atoms with Crippen molar-refractivity contribution in [2.24, 2.45) is 0 Å². The van der Waals surface area contributed by atoms with E-state index in [1.807, 2.05) is 0 Å². The van der Waals surface area contributed by atoms with Gasteiger partial charge < -0.3 is 9.47 Å². The molecule has 0 fully saturated rings. The quantitative estimate of drug-likeness (QED) is 0.433. The second kappa shape index (κ2) is 7.93. The lowest BCUT2D eigenvalue weighted by Crippen LogP contribution is -2.33. The first-order chi connectivity index (χ1) is 9.08. The van der Waals surface area contributed by atoms with Crippen LogP contribution in [0.5, 0.6) is 0 Å². The number of aryl methyl sites for hydroxylation is 1.